The highest BCUT2D eigenvalue weighted by atomic mass is 16.5. The second-order valence-electron chi connectivity index (χ2n) is 6.53. The molecule has 0 aromatic carbocycles. The van der Waals surface area contributed by atoms with Gasteiger partial charge in [-0.05, 0) is 19.3 Å². The molecule has 2 aliphatic rings. The minimum Gasteiger partial charge on any atom is -0.383 e. The van der Waals surface area contributed by atoms with Gasteiger partial charge in [0.1, 0.15) is 0 Å². The Hall–Kier alpha value is -0.160. The summed E-state index contributed by atoms with van der Waals surface area (Å²) in [7, 11) is 1.79. The summed E-state index contributed by atoms with van der Waals surface area (Å²) in [5.41, 5.74) is 0.306. The Morgan fingerprint density at radius 1 is 1.42 bits per heavy atom. The van der Waals surface area contributed by atoms with E-state index in [4.69, 9.17) is 9.47 Å². The number of rotatable bonds is 9. The van der Waals surface area contributed by atoms with Crippen molar-refractivity contribution in [3.63, 3.8) is 0 Å². The molecule has 0 radical (unpaired) electrons. The van der Waals surface area contributed by atoms with Gasteiger partial charge in [-0.2, -0.15) is 0 Å². The maximum absolute atomic E-state index is 5.70. The van der Waals surface area contributed by atoms with Gasteiger partial charge in [-0.25, -0.2) is 0 Å². The van der Waals surface area contributed by atoms with E-state index in [1.165, 1.54) is 19.3 Å². The molecule has 0 aromatic rings. The molecule has 1 saturated carbocycles. The fourth-order valence-corrected chi connectivity index (χ4v) is 2.86. The zero-order valence-corrected chi connectivity index (χ0v) is 12.8. The first-order valence-electron chi connectivity index (χ1n) is 7.69. The predicted molar refractivity (Wildman–Crippen MR) is 77.5 cm³/mol. The van der Waals surface area contributed by atoms with E-state index in [1.807, 2.05) is 0 Å². The molecular weight excluding hydrogens is 240 g/mol. The number of nitrogens with zero attached hydrogens (tertiary/aromatic N) is 1. The van der Waals surface area contributed by atoms with E-state index in [0.29, 0.717) is 11.5 Å². The molecule has 19 heavy (non-hydrogen) atoms. The van der Waals surface area contributed by atoms with Crippen molar-refractivity contribution in [2.24, 2.45) is 5.41 Å². The predicted octanol–water partition coefficient (Wildman–Crippen LogP) is 1.50. The minimum atomic E-state index is 0.306. The van der Waals surface area contributed by atoms with Crippen LogP contribution in [0.15, 0.2) is 0 Å². The van der Waals surface area contributed by atoms with Crippen LogP contribution in [-0.2, 0) is 9.47 Å². The number of methoxy groups -OCH3 is 1. The standard InChI is InChI=1S/C15H30N2O2/c1-13(2)16-10-15(6-8-19-12-15)11-17(7-9-18-3)14-4-5-14/h13-14,16H,4-12H2,1-3H3. The summed E-state index contributed by atoms with van der Waals surface area (Å²) >= 11 is 0. The lowest BCUT2D eigenvalue weighted by atomic mass is 9.86. The summed E-state index contributed by atoms with van der Waals surface area (Å²) < 4.78 is 11.0. The van der Waals surface area contributed by atoms with Crippen molar-refractivity contribution in [2.45, 2.75) is 45.2 Å². The Labute approximate surface area is 117 Å². The Bertz CT molecular complexity index is 261. The van der Waals surface area contributed by atoms with E-state index >= 15 is 0 Å². The molecule has 0 spiro atoms. The van der Waals surface area contributed by atoms with Gasteiger partial charge >= 0.3 is 0 Å². The molecule has 1 aliphatic carbocycles. The summed E-state index contributed by atoms with van der Waals surface area (Å²) in [6, 6.07) is 1.34. The monoisotopic (exact) mass is 270 g/mol. The van der Waals surface area contributed by atoms with Gasteiger partial charge in [0.15, 0.2) is 0 Å². The lowest BCUT2D eigenvalue weighted by Gasteiger charge is -2.35. The average molecular weight is 270 g/mol. The molecule has 0 aromatic heterocycles. The Balaban J connectivity index is 1.89. The lowest BCUT2D eigenvalue weighted by molar-refractivity contribution is 0.0818. The third kappa shape index (κ3) is 4.71. The van der Waals surface area contributed by atoms with Crippen molar-refractivity contribution in [1.29, 1.82) is 0 Å². The molecule has 2 rings (SSSR count). The zero-order valence-electron chi connectivity index (χ0n) is 12.8. The van der Waals surface area contributed by atoms with E-state index in [-0.39, 0.29) is 0 Å². The van der Waals surface area contributed by atoms with Crippen LogP contribution in [0.4, 0.5) is 0 Å². The normalized spacial score (nSPS) is 27.6. The van der Waals surface area contributed by atoms with Gasteiger partial charge in [-0.1, -0.05) is 13.8 Å². The first-order valence-corrected chi connectivity index (χ1v) is 7.69. The number of hydrogen-bond acceptors (Lipinski definition) is 4. The second-order valence-corrected chi connectivity index (χ2v) is 6.53. The molecule has 4 heteroatoms. The lowest BCUT2D eigenvalue weighted by Crippen LogP contribution is -2.47. The fourth-order valence-electron chi connectivity index (χ4n) is 2.86. The second kappa shape index (κ2) is 7.02. The minimum absolute atomic E-state index is 0.306. The van der Waals surface area contributed by atoms with Crippen LogP contribution in [0.5, 0.6) is 0 Å². The summed E-state index contributed by atoms with van der Waals surface area (Å²) in [6.07, 6.45) is 3.90. The molecule has 4 nitrogen and oxygen atoms in total. The Morgan fingerprint density at radius 2 is 2.21 bits per heavy atom. The highest BCUT2D eigenvalue weighted by Gasteiger charge is 2.40. The van der Waals surface area contributed by atoms with Crippen molar-refractivity contribution in [3.05, 3.63) is 0 Å². The van der Waals surface area contributed by atoms with E-state index in [2.05, 4.69) is 24.1 Å². The fraction of sp³-hybridized carbons (Fsp3) is 1.00. The van der Waals surface area contributed by atoms with Gasteiger partial charge in [-0.15, -0.1) is 0 Å². The molecule has 1 atom stereocenters. The summed E-state index contributed by atoms with van der Waals surface area (Å²) in [4.78, 5) is 2.63. The van der Waals surface area contributed by atoms with Crippen LogP contribution in [-0.4, -0.2) is 63.5 Å². The van der Waals surface area contributed by atoms with E-state index < -0.39 is 0 Å². The summed E-state index contributed by atoms with van der Waals surface area (Å²) in [5.74, 6) is 0. The van der Waals surface area contributed by atoms with Gasteiger partial charge in [0.2, 0.25) is 0 Å². The van der Waals surface area contributed by atoms with Crippen molar-refractivity contribution in [1.82, 2.24) is 10.2 Å². The maximum atomic E-state index is 5.70. The molecule has 1 N–H and O–H groups in total. The van der Waals surface area contributed by atoms with Crippen LogP contribution >= 0.6 is 0 Å². The third-order valence-corrected chi connectivity index (χ3v) is 4.25. The van der Waals surface area contributed by atoms with Crippen molar-refractivity contribution in [3.8, 4) is 0 Å². The van der Waals surface area contributed by atoms with Crippen LogP contribution in [0, 0.1) is 5.41 Å². The molecule has 1 aliphatic heterocycles. The van der Waals surface area contributed by atoms with Crippen LogP contribution in [0.25, 0.3) is 0 Å². The smallest absolute Gasteiger partial charge is 0.0589 e. The van der Waals surface area contributed by atoms with Crippen LogP contribution in [0.3, 0.4) is 0 Å². The van der Waals surface area contributed by atoms with Crippen molar-refractivity contribution < 1.29 is 9.47 Å². The summed E-state index contributed by atoms with van der Waals surface area (Å²) in [5, 5.41) is 3.61. The number of hydrogen-bond donors (Lipinski definition) is 1. The van der Waals surface area contributed by atoms with E-state index in [9.17, 15) is 0 Å². The molecular formula is C15H30N2O2. The first kappa shape index (κ1) is 15.2. The molecule has 0 amide bonds. The van der Waals surface area contributed by atoms with Gasteiger partial charge < -0.3 is 14.8 Å². The molecule has 1 saturated heterocycles. The molecule has 112 valence electrons. The van der Waals surface area contributed by atoms with Gasteiger partial charge in [0.25, 0.3) is 0 Å². The SMILES string of the molecule is COCCN(CC1(CNC(C)C)CCOC1)C1CC1. The molecule has 2 fully saturated rings. The topological polar surface area (TPSA) is 33.7 Å². The molecule has 1 heterocycles. The largest absolute Gasteiger partial charge is 0.383 e. The van der Waals surface area contributed by atoms with Crippen LogP contribution in [0.2, 0.25) is 0 Å². The van der Waals surface area contributed by atoms with Crippen LogP contribution in [0.1, 0.15) is 33.1 Å². The average Bonchev–Trinajstić information content (AvgIpc) is 3.13. The third-order valence-electron chi connectivity index (χ3n) is 4.25. The highest BCUT2D eigenvalue weighted by molar-refractivity contribution is 4.93. The summed E-state index contributed by atoms with van der Waals surface area (Å²) in [6.45, 7) is 10.4. The molecule has 0 bridgehead atoms. The highest BCUT2D eigenvalue weighted by Crippen LogP contribution is 2.34. The first-order chi connectivity index (χ1) is 9.15. The van der Waals surface area contributed by atoms with Crippen molar-refractivity contribution in [2.75, 3.05) is 46.6 Å². The van der Waals surface area contributed by atoms with Crippen molar-refractivity contribution >= 4 is 0 Å². The number of nitrogens with one attached hydrogen (secondary N) is 1. The van der Waals surface area contributed by atoms with E-state index in [0.717, 1.165) is 45.5 Å². The van der Waals surface area contributed by atoms with Crippen LogP contribution < -0.4 is 5.32 Å². The van der Waals surface area contributed by atoms with Gasteiger partial charge in [-0.3, -0.25) is 4.90 Å². The van der Waals surface area contributed by atoms with Gasteiger partial charge in [0, 0.05) is 50.8 Å². The quantitative estimate of drug-likeness (QED) is 0.688. The Morgan fingerprint density at radius 3 is 2.74 bits per heavy atom. The number of ether oxygens (including phenoxy) is 2. The molecule has 1 unspecified atom stereocenters. The Kier molecular flexibility index (Phi) is 5.63. The zero-order chi connectivity index (χ0) is 13.7. The van der Waals surface area contributed by atoms with E-state index in [1.54, 1.807) is 7.11 Å². The van der Waals surface area contributed by atoms with Gasteiger partial charge in [0.05, 0.1) is 13.2 Å². The maximum Gasteiger partial charge on any atom is 0.0589 e.